The fraction of sp³-hybridized carbons (Fsp3) is 0.133. The van der Waals surface area contributed by atoms with Gasteiger partial charge in [0.1, 0.15) is 0 Å². The highest BCUT2D eigenvalue weighted by Gasteiger charge is 2.50. The number of amides is 1. The monoisotopic (exact) mass is 293 g/mol. The Morgan fingerprint density at radius 3 is 2.19 bits per heavy atom. The maximum absolute atomic E-state index is 13.1. The predicted molar refractivity (Wildman–Crippen MR) is 69.5 cm³/mol. The first kappa shape index (κ1) is 13.6. The van der Waals surface area contributed by atoms with Crippen LogP contribution in [0.15, 0.2) is 48.5 Å². The maximum Gasteiger partial charge on any atom is 0.416 e. The number of hydrogen-bond donors (Lipinski definition) is 2. The van der Waals surface area contributed by atoms with Gasteiger partial charge >= 0.3 is 6.18 Å². The normalized spacial score (nSPS) is 21.0. The molecule has 0 saturated heterocycles. The van der Waals surface area contributed by atoms with Crippen LogP contribution < -0.4 is 5.32 Å². The van der Waals surface area contributed by atoms with Crippen molar-refractivity contribution in [3.63, 3.8) is 0 Å². The fourth-order valence-electron chi connectivity index (χ4n) is 2.56. The van der Waals surface area contributed by atoms with Gasteiger partial charge in [-0.05, 0) is 12.1 Å². The van der Waals surface area contributed by atoms with Crippen LogP contribution in [-0.2, 0) is 16.6 Å². The number of carbonyl (C=O) groups excluding carboxylic acids is 1. The Balaban J connectivity index is 2.28. The van der Waals surface area contributed by atoms with Crippen LogP contribution in [0.4, 0.5) is 18.9 Å². The van der Waals surface area contributed by atoms with Crippen molar-refractivity contribution >= 4 is 11.6 Å². The minimum atomic E-state index is -4.66. The Bertz CT molecular complexity index is 727. The molecule has 3 rings (SSSR count). The van der Waals surface area contributed by atoms with E-state index in [1.807, 2.05) is 0 Å². The zero-order valence-electron chi connectivity index (χ0n) is 10.6. The van der Waals surface area contributed by atoms with Crippen molar-refractivity contribution in [3.8, 4) is 0 Å². The van der Waals surface area contributed by atoms with Crippen molar-refractivity contribution in [1.29, 1.82) is 0 Å². The molecule has 1 heterocycles. The number of nitrogens with one attached hydrogen (secondary N) is 1. The van der Waals surface area contributed by atoms with E-state index in [0.717, 1.165) is 12.1 Å². The molecule has 1 atom stereocenters. The number of carbonyl (C=O) groups is 1. The van der Waals surface area contributed by atoms with Gasteiger partial charge in [0.25, 0.3) is 5.91 Å². The first-order valence-electron chi connectivity index (χ1n) is 6.15. The molecule has 0 fully saturated rings. The largest absolute Gasteiger partial charge is 0.416 e. The number of aliphatic hydroxyl groups is 1. The third-order valence-corrected chi connectivity index (χ3v) is 3.52. The van der Waals surface area contributed by atoms with Crippen LogP contribution in [0.3, 0.4) is 0 Å². The summed E-state index contributed by atoms with van der Waals surface area (Å²) in [6.07, 6.45) is -4.66. The smallest absolute Gasteiger partial charge is 0.372 e. The lowest BCUT2D eigenvalue weighted by Gasteiger charge is -2.25. The van der Waals surface area contributed by atoms with E-state index in [1.54, 1.807) is 12.1 Å². The molecule has 2 N–H and O–H groups in total. The lowest BCUT2D eigenvalue weighted by molar-refractivity contribution is -0.142. The van der Waals surface area contributed by atoms with E-state index in [0.29, 0.717) is 5.69 Å². The van der Waals surface area contributed by atoms with Gasteiger partial charge in [0.2, 0.25) is 0 Å². The van der Waals surface area contributed by atoms with Gasteiger partial charge in [-0.3, -0.25) is 4.79 Å². The van der Waals surface area contributed by atoms with E-state index in [-0.39, 0.29) is 5.56 Å². The maximum atomic E-state index is 13.1. The number of alkyl halides is 3. The molecule has 0 saturated carbocycles. The standard InChI is InChI=1S/C15H10F3NO2/c16-15(17,18)10-6-2-1-5-9(10)14(21)11-7-3-4-8-12(11)19-13(14)20/h1-8,21H,(H,19,20). The zero-order chi connectivity index (χ0) is 15.3. The van der Waals surface area contributed by atoms with Crippen LogP contribution in [0.5, 0.6) is 0 Å². The van der Waals surface area contributed by atoms with Crippen molar-refractivity contribution in [2.24, 2.45) is 0 Å². The molecule has 0 bridgehead atoms. The second-order valence-corrected chi connectivity index (χ2v) is 4.75. The molecule has 0 aromatic heterocycles. The average Bonchev–Trinajstić information content (AvgIpc) is 2.71. The molecule has 21 heavy (non-hydrogen) atoms. The van der Waals surface area contributed by atoms with E-state index in [1.165, 1.54) is 24.3 Å². The van der Waals surface area contributed by atoms with Crippen molar-refractivity contribution in [2.45, 2.75) is 11.8 Å². The minimum Gasteiger partial charge on any atom is -0.372 e. The van der Waals surface area contributed by atoms with Crippen LogP contribution in [-0.4, -0.2) is 11.0 Å². The third-order valence-electron chi connectivity index (χ3n) is 3.52. The Hall–Kier alpha value is -2.34. The molecule has 1 aliphatic rings. The molecule has 1 amide bonds. The number of anilines is 1. The molecule has 3 nitrogen and oxygen atoms in total. The second-order valence-electron chi connectivity index (χ2n) is 4.75. The first-order chi connectivity index (χ1) is 9.85. The van der Waals surface area contributed by atoms with Gasteiger partial charge in [-0.15, -0.1) is 0 Å². The molecule has 1 aliphatic heterocycles. The third kappa shape index (κ3) is 1.91. The second kappa shape index (κ2) is 4.33. The summed E-state index contributed by atoms with van der Waals surface area (Å²) in [5.74, 6) is -0.889. The summed E-state index contributed by atoms with van der Waals surface area (Å²) < 4.78 is 39.4. The molecule has 0 spiro atoms. The van der Waals surface area contributed by atoms with Crippen LogP contribution >= 0.6 is 0 Å². The fourth-order valence-corrected chi connectivity index (χ4v) is 2.56. The summed E-state index contributed by atoms with van der Waals surface area (Å²) in [6.45, 7) is 0. The first-order valence-corrected chi connectivity index (χ1v) is 6.15. The summed E-state index contributed by atoms with van der Waals surface area (Å²) >= 11 is 0. The lowest BCUT2D eigenvalue weighted by atomic mass is 9.84. The number of rotatable bonds is 1. The van der Waals surface area contributed by atoms with Crippen LogP contribution in [0.1, 0.15) is 16.7 Å². The molecule has 2 aromatic rings. The predicted octanol–water partition coefficient (Wildman–Crippen LogP) is 2.89. The molecule has 0 radical (unpaired) electrons. The van der Waals surface area contributed by atoms with Gasteiger partial charge in [-0.1, -0.05) is 36.4 Å². The van der Waals surface area contributed by atoms with Crippen molar-refractivity contribution in [2.75, 3.05) is 5.32 Å². The lowest BCUT2D eigenvalue weighted by Crippen LogP contribution is -2.37. The van der Waals surface area contributed by atoms with Gasteiger partial charge in [-0.2, -0.15) is 13.2 Å². The highest BCUT2D eigenvalue weighted by atomic mass is 19.4. The zero-order valence-corrected chi connectivity index (χ0v) is 10.6. The number of benzene rings is 2. The Morgan fingerprint density at radius 1 is 0.952 bits per heavy atom. The van der Waals surface area contributed by atoms with E-state index in [2.05, 4.69) is 5.32 Å². The van der Waals surface area contributed by atoms with Crippen LogP contribution in [0, 0.1) is 0 Å². The molecular formula is C15H10F3NO2. The summed E-state index contributed by atoms with van der Waals surface area (Å²) in [5.41, 5.74) is -3.42. The number of para-hydroxylation sites is 1. The Kier molecular flexibility index (Phi) is 2.81. The Morgan fingerprint density at radius 2 is 1.52 bits per heavy atom. The van der Waals surface area contributed by atoms with Crippen molar-refractivity contribution in [1.82, 2.24) is 0 Å². The molecule has 1 unspecified atom stereocenters. The highest BCUT2D eigenvalue weighted by molar-refractivity contribution is 6.07. The summed E-state index contributed by atoms with van der Waals surface area (Å²) in [5, 5.41) is 13.1. The van der Waals surface area contributed by atoms with E-state index in [4.69, 9.17) is 0 Å². The summed E-state index contributed by atoms with van der Waals surface area (Å²) in [4.78, 5) is 12.1. The summed E-state index contributed by atoms with van der Waals surface area (Å²) in [7, 11) is 0. The van der Waals surface area contributed by atoms with Crippen LogP contribution in [0.2, 0.25) is 0 Å². The van der Waals surface area contributed by atoms with E-state index < -0.39 is 28.8 Å². The van der Waals surface area contributed by atoms with Crippen LogP contribution in [0.25, 0.3) is 0 Å². The highest BCUT2D eigenvalue weighted by Crippen LogP contribution is 2.45. The number of halogens is 3. The van der Waals surface area contributed by atoms with Gasteiger partial charge in [-0.25, -0.2) is 0 Å². The molecule has 108 valence electrons. The average molecular weight is 293 g/mol. The summed E-state index contributed by atoms with van der Waals surface area (Å²) in [6, 6.07) is 10.7. The molecule has 6 heteroatoms. The number of fused-ring (bicyclic) bond motifs is 1. The SMILES string of the molecule is O=C1Nc2ccccc2C1(O)c1ccccc1C(F)(F)F. The van der Waals surface area contributed by atoms with Crippen molar-refractivity contribution < 1.29 is 23.1 Å². The quantitative estimate of drug-likeness (QED) is 0.849. The van der Waals surface area contributed by atoms with Gasteiger partial charge in [0.15, 0.2) is 5.60 Å². The van der Waals surface area contributed by atoms with Gasteiger partial charge < -0.3 is 10.4 Å². The minimum absolute atomic E-state index is 0.117. The Labute approximate surface area is 118 Å². The molecule has 2 aromatic carbocycles. The molecular weight excluding hydrogens is 283 g/mol. The molecule has 0 aliphatic carbocycles. The topological polar surface area (TPSA) is 49.3 Å². The van der Waals surface area contributed by atoms with Crippen molar-refractivity contribution in [3.05, 3.63) is 65.2 Å². The van der Waals surface area contributed by atoms with Gasteiger partial charge in [0.05, 0.1) is 5.56 Å². The van der Waals surface area contributed by atoms with Gasteiger partial charge in [0, 0.05) is 16.8 Å². The van der Waals surface area contributed by atoms with E-state index in [9.17, 15) is 23.1 Å². The number of hydrogen-bond acceptors (Lipinski definition) is 2. The van der Waals surface area contributed by atoms with E-state index >= 15 is 0 Å².